The van der Waals surface area contributed by atoms with Crippen LogP contribution in [0.25, 0.3) is 0 Å². The Bertz CT molecular complexity index is 525. The first-order chi connectivity index (χ1) is 10.6. The monoisotopic (exact) mass is 308 g/mol. The van der Waals surface area contributed by atoms with Gasteiger partial charge < -0.3 is 9.26 Å². The maximum Gasteiger partial charge on any atom is 0.323 e. The highest BCUT2D eigenvalue weighted by molar-refractivity contribution is 5.78. The quantitative estimate of drug-likeness (QED) is 0.769. The minimum atomic E-state index is -0.0708. The lowest BCUT2D eigenvalue weighted by atomic mass is 10.1. The predicted molar refractivity (Wildman–Crippen MR) is 79.2 cm³/mol. The topological polar surface area (TPSA) is 71.7 Å². The van der Waals surface area contributed by atoms with Gasteiger partial charge in [0.05, 0.1) is 6.04 Å². The second kappa shape index (κ2) is 6.34. The molecular formula is C15H24N4O3. The lowest BCUT2D eigenvalue weighted by Crippen LogP contribution is -2.52. The van der Waals surface area contributed by atoms with Crippen molar-refractivity contribution in [1.29, 1.82) is 0 Å². The van der Waals surface area contributed by atoms with Crippen LogP contribution in [0, 0.1) is 0 Å². The number of piperazine rings is 1. The number of carbonyl (C=O) groups excluding carboxylic acids is 1. The first-order valence-corrected chi connectivity index (χ1v) is 8.09. The summed E-state index contributed by atoms with van der Waals surface area (Å²) in [6, 6.07) is 0.0481. The Kier molecular flexibility index (Phi) is 4.44. The van der Waals surface area contributed by atoms with E-state index in [0.29, 0.717) is 5.89 Å². The van der Waals surface area contributed by atoms with E-state index in [1.54, 1.807) is 0 Å². The van der Waals surface area contributed by atoms with E-state index in [-0.39, 0.29) is 24.2 Å². The summed E-state index contributed by atoms with van der Waals surface area (Å²) < 4.78 is 10.6. The summed E-state index contributed by atoms with van der Waals surface area (Å²) in [7, 11) is 0. The van der Waals surface area contributed by atoms with Crippen LogP contribution in [0.3, 0.4) is 0 Å². The normalized spacial score (nSPS) is 28.8. The molecule has 0 bridgehead atoms. The van der Waals surface area contributed by atoms with Gasteiger partial charge in [0, 0.05) is 39.0 Å². The number of hydrogen-bond donors (Lipinski definition) is 0. The van der Waals surface area contributed by atoms with Crippen LogP contribution in [-0.4, -0.2) is 64.2 Å². The zero-order chi connectivity index (χ0) is 15.7. The molecule has 0 saturated carbocycles. The SMILES string of the molecule is CCc1noc([C@H](C)N2CCN([C@@H]3C[C@@H](C)OC3=O)CC2)n1. The Balaban J connectivity index is 1.56. The fourth-order valence-electron chi connectivity index (χ4n) is 3.21. The van der Waals surface area contributed by atoms with E-state index in [1.165, 1.54) is 0 Å². The molecule has 3 heterocycles. The smallest absolute Gasteiger partial charge is 0.323 e. The third-order valence-electron chi connectivity index (χ3n) is 4.64. The van der Waals surface area contributed by atoms with Gasteiger partial charge in [-0.25, -0.2) is 0 Å². The summed E-state index contributed by atoms with van der Waals surface area (Å²) >= 11 is 0. The molecule has 7 nitrogen and oxygen atoms in total. The molecule has 22 heavy (non-hydrogen) atoms. The first kappa shape index (κ1) is 15.4. The van der Waals surface area contributed by atoms with Gasteiger partial charge in [-0.3, -0.25) is 14.6 Å². The van der Waals surface area contributed by atoms with E-state index in [4.69, 9.17) is 9.26 Å². The Hall–Kier alpha value is -1.47. The molecule has 2 aliphatic rings. The van der Waals surface area contributed by atoms with Gasteiger partial charge in [-0.15, -0.1) is 0 Å². The van der Waals surface area contributed by atoms with Crippen molar-refractivity contribution in [3.8, 4) is 0 Å². The van der Waals surface area contributed by atoms with Crippen molar-refractivity contribution in [3.63, 3.8) is 0 Å². The van der Waals surface area contributed by atoms with Gasteiger partial charge in [0.1, 0.15) is 12.1 Å². The van der Waals surface area contributed by atoms with Gasteiger partial charge in [0.2, 0.25) is 5.89 Å². The molecule has 2 saturated heterocycles. The highest BCUT2D eigenvalue weighted by Crippen LogP contribution is 2.24. The molecule has 0 aliphatic carbocycles. The molecule has 2 aliphatic heterocycles. The molecule has 0 radical (unpaired) electrons. The molecule has 122 valence electrons. The largest absolute Gasteiger partial charge is 0.461 e. The van der Waals surface area contributed by atoms with Crippen LogP contribution in [0.5, 0.6) is 0 Å². The molecule has 0 spiro atoms. The van der Waals surface area contributed by atoms with E-state index < -0.39 is 0 Å². The molecular weight excluding hydrogens is 284 g/mol. The van der Waals surface area contributed by atoms with Crippen molar-refractivity contribution in [2.45, 2.75) is 51.8 Å². The van der Waals surface area contributed by atoms with E-state index in [9.17, 15) is 4.79 Å². The minimum Gasteiger partial charge on any atom is -0.461 e. The molecule has 1 aromatic heterocycles. The van der Waals surface area contributed by atoms with Crippen LogP contribution in [0.1, 0.15) is 44.9 Å². The lowest BCUT2D eigenvalue weighted by molar-refractivity contribution is -0.145. The molecule has 3 atom stereocenters. The average molecular weight is 308 g/mol. The Morgan fingerprint density at radius 2 is 2.05 bits per heavy atom. The average Bonchev–Trinajstić information content (AvgIpc) is 3.13. The fourth-order valence-corrected chi connectivity index (χ4v) is 3.21. The van der Waals surface area contributed by atoms with Crippen LogP contribution in [0.15, 0.2) is 4.52 Å². The fraction of sp³-hybridized carbons (Fsp3) is 0.800. The number of aromatic nitrogens is 2. The maximum atomic E-state index is 11.8. The molecule has 0 amide bonds. The Morgan fingerprint density at radius 1 is 1.32 bits per heavy atom. The van der Waals surface area contributed by atoms with E-state index in [0.717, 1.165) is 44.8 Å². The second-order valence-corrected chi connectivity index (χ2v) is 6.15. The molecule has 0 aromatic carbocycles. The number of ether oxygens (including phenoxy) is 1. The number of aryl methyl sites for hydroxylation is 1. The van der Waals surface area contributed by atoms with Crippen molar-refractivity contribution >= 4 is 5.97 Å². The predicted octanol–water partition coefficient (Wildman–Crippen LogP) is 1.01. The summed E-state index contributed by atoms with van der Waals surface area (Å²) in [4.78, 5) is 20.8. The van der Waals surface area contributed by atoms with Gasteiger partial charge in [-0.05, 0) is 13.8 Å². The highest BCUT2D eigenvalue weighted by Gasteiger charge is 2.38. The maximum absolute atomic E-state index is 11.8. The molecule has 7 heteroatoms. The van der Waals surface area contributed by atoms with Crippen molar-refractivity contribution < 1.29 is 14.1 Å². The van der Waals surface area contributed by atoms with Crippen molar-refractivity contribution in [2.75, 3.05) is 26.2 Å². The molecule has 3 rings (SSSR count). The van der Waals surface area contributed by atoms with Crippen LogP contribution < -0.4 is 0 Å². The molecule has 2 fully saturated rings. The number of carbonyl (C=O) groups is 1. The van der Waals surface area contributed by atoms with Crippen molar-refractivity contribution in [3.05, 3.63) is 11.7 Å². The number of nitrogens with zero attached hydrogens (tertiary/aromatic N) is 4. The zero-order valence-electron chi connectivity index (χ0n) is 13.5. The highest BCUT2D eigenvalue weighted by atomic mass is 16.6. The summed E-state index contributed by atoms with van der Waals surface area (Å²) in [5, 5.41) is 3.96. The van der Waals surface area contributed by atoms with E-state index in [1.807, 2.05) is 13.8 Å². The summed E-state index contributed by atoms with van der Waals surface area (Å²) in [6.07, 6.45) is 1.63. The van der Waals surface area contributed by atoms with Crippen LogP contribution in [-0.2, 0) is 16.0 Å². The number of esters is 1. The number of rotatable bonds is 4. The lowest BCUT2D eigenvalue weighted by Gasteiger charge is -2.38. The zero-order valence-corrected chi connectivity index (χ0v) is 13.5. The summed E-state index contributed by atoms with van der Waals surface area (Å²) in [6.45, 7) is 9.58. The summed E-state index contributed by atoms with van der Waals surface area (Å²) in [5.41, 5.74) is 0. The molecule has 0 unspecified atom stereocenters. The van der Waals surface area contributed by atoms with Crippen molar-refractivity contribution in [2.24, 2.45) is 0 Å². The minimum absolute atomic E-state index is 0.0420. The molecule has 1 aromatic rings. The van der Waals surface area contributed by atoms with Crippen LogP contribution in [0.4, 0.5) is 0 Å². The van der Waals surface area contributed by atoms with Crippen LogP contribution >= 0.6 is 0 Å². The Morgan fingerprint density at radius 3 is 2.59 bits per heavy atom. The van der Waals surface area contributed by atoms with E-state index >= 15 is 0 Å². The second-order valence-electron chi connectivity index (χ2n) is 6.15. The third kappa shape index (κ3) is 3.01. The third-order valence-corrected chi connectivity index (χ3v) is 4.64. The van der Waals surface area contributed by atoms with Gasteiger partial charge in [0.25, 0.3) is 0 Å². The number of hydrogen-bond acceptors (Lipinski definition) is 7. The van der Waals surface area contributed by atoms with Gasteiger partial charge in [0.15, 0.2) is 5.82 Å². The van der Waals surface area contributed by atoms with Crippen LogP contribution in [0.2, 0.25) is 0 Å². The van der Waals surface area contributed by atoms with Crippen molar-refractivity contribution in [1.82, 2.24) is 19.9 Å². The van der Waals surface area contributed by atoms with Gasteiger partial charge >= 0.3 is 5.97 Å². The molecule has 0 N–H and O–H groups in total. The van der Waals surface area contributed by atoms with Gasteiger partial charge in [-0.2, -0.15) is 4.98 Å². The Labute approximate surface area is 130 Å². The van der Waals surface area contributed by atoms with Gasteiger partial charge in [-0.1, -0.05) is 12.1 Å². The first-order valence-electron chi connectivity index (χ1n) is 8.09. The van der Waals surface area contributed by atoms with E-state index in [2.05, 4.69) is 26.9 Å². The standard InChI is InChI=1S/C15H24N4O3/c1-4-13-16-14(22-17-13)11(3)18-5-7-19(8-6-18)12-9-10(2)21-15(12)20/h10-12H,4-9H2,1-3H3/t10-,11+,12-/m1/s1. The summed E-state index contributed by atoms with van der Waals surface area (Å²) in [5.74, 6) is 1.36. The number of cyclic esters (lactones) is 1.